The molecule has 0 aromatic heterocycles. The molecule has 2 rings (SSSR count). The first-order chi connectivity index (χ1) is 9.60. The van der Waals surface area contributed by atoms with Gasteiger partial charge in [0.15, 0.2) is 0 Å². The van der Waals surface area contributed by atoms with Crippen LogP contribution >= 0.6 is 0 Å². The van der Waals surface area contributed by atoms with Gasteiger partial charge in [-0.05, 0) is 31.0 Å². The van der Waals surface area contributed by atoms with Gasteiger partial charge in [-0.3, -0.25) is 4.79 Å². The first-order valence-electron chi connectivity index (χ1n) is 7.45. The molecule has 1 fully saturated rings. The first-order valence-corrected chi connectivity index (χ1v) is 7.45. The van der Waals surface area contributed by atoms with Crippen LogP contribution in [0, 0.1) is 6.92 Å². The molecule has 4 heteroatoms. The lowest BCUT2D eigenvalue weighted by molar-refractivity contribution is -0.131. The van der Waals surface area contributed by atoms with E-state index in [0.717, 1.165) is 32.6 Å². The van der Waals surface area contributed by atoms with Gasteiger partial charge in [-0.2, -0.15) is 0 Å². The first kappa shape index (κ1) is 14.9. The molecule has 0 saturated carbocycles. The molecule has 4 nitrogen and oxygen atoms in total. The molecule has 0 bridgehead atoms. The molecular weight excluding hydrogens is 250 g/mol. The summed E-state index contributed by atoms with van der Waals surface area (Å²) in [5, 5.41) is 0. The predicted octanol–water partition coefficient (Wildman–Crippen LogP) is 1.77. The third kappa shape index (κ3) is 3.73. The second kappa shape index (κ2) is 6.75. The Morgan fingerprint density at radius 1 is 1.30 bits per heavy atom. The van der Waals surface area contributed by atoms with E-state index in [1.807, 2.05) is 11.8 Å². The highest BCUT2D eigenvalue weighted by Gasteiger charge is 2.22. The van der Waals surface area contributed by atoms with E-state index in [1.165, 1.54) is 11.3 Å². The van der Waals surface area contributed by atoms with Crippen LogP contribution in [-0.2, 0) is 4.79 Å². The number of aryl methyl sites for hydroxylation is 1. The molecule has 1 aromatic rings. The van der Waals surface area contributed by atoms with Crippen LogP contribution in [0.3, 0.4) is 0 Å². The lowest BCUT2D eigenvalue weighted by Gasteiger charge is -2.36. The number of nitrogens with zero attached hydrogens (tertiary/aromatic N) is 2. The topological polar surface area (TPSA) is 49.6 Å². The highest BCUT2D eigenvalue weighted by atomic mass is 16.2. The minimum absolute atomic E-state index is 0.00250. The van der Waals surface area contributed by atoms with Gasteiger partial charge in [0.1, 0.15) is 0 Å². The van der Waals surface area contributed by atoms with Crippen LogP contribution in [-0.4, -0.2) is 43.0 Å². The summed E-state index contributed by atoms with van der Waals surface area (Å²) in [6.07, 6.45) is 1.33. The van der Waals surface area contributed by atoms with Crippen molar-refractivity contribution in [3.63, 3.8) is 0 Å². The zero-order valence-corrected chi connectivity index (χ0v) is 12.5. The number of hydrogen-bond acceptors (Lipinski definition) is 3. The van der Waals surface area contributed by atoms with Crippen LogP contribution in [0.1, 0.15) is 25.3 Å². The zero-order chi connectivity index (χ0) is 14.5. The fourth-order valence-corrected chi connectivity index (χ4v) is 2.54. The fourth-order valence-electron chi connectivity index (χ4n) is 2.54. The van der Waals surface area contributed by atoms with Gasteiger partial charge in [-0.1, -0.05) is 19.1 Å². The average Bonchev–Trinajstić information content (AvgIpc) is 2.47. The van der Waals surface area contributed by atoms with Crippen molar-refractivity contribution in [1.82, 2.24) is 4.90 Å². The minimum Gasteiger partial charge on any atom is -0.368 e. The van der Waals surface area contributed by atoms with Crippen LogP contribution in [0.4, 0.5) is 5.69 Å². The Balaban J connectivity index is 1.87. The molecule has 110 valence electrons. The summed E-state index contributed by atoms with van der Waals surface area (Å²) in [4.78, 5) is 16.4. The number of piperazine rings is 1. The molecule has 0 radical (unpaired) electrons. The summed E-state index contributed by atoms with van der Waals surface area (Å²) in [5.41, 5.74) is 8.38. The second-order valence-corrected chi connectivity index (χ2v) is 5.58. The Kier molecular flexibility index (Phi) is 5.01. The van der Waals surface area contributed by atoms with Crippen LogP contribution in [0.25, 0.3) is 0 Å². The molecular formula is C16H25N3O. The van der Waals surface area contributed by atoms with Gasteiger partial charge in [0, 0.05) is 44.3 Å². The molecule has 1 amide bonds. The normalized spacial score (nSPS) is 17.1. The fraction of sp³-hybridized carbons (Fsp3) is 0.562. The van der Waals surface area contributed by atoms with Crippen molar-refractivity contribution in [2.75, 3.05) is 31.1 Å². The van der Waals surface area contributed by atoms with E-state index in [1.54, 1.807) is 0 Å². The Labute approximate surface area is 121 Å². The Morgan fingerprint density at radius 3 is 2.60 bits per heavy atom. The summed E-state index contributed by atoms with van der Waals surface area (Å²) >= 11 is 0. The van der Waals surface area contributed by atoms with E-state index in [9.17, 15) is 4.79 Å². The molecule has 1 saturated heterocycles. The number of anilines is 1. The van der Waals surface area contributed by atoms with Gasteiger partial charge in [-0.25, -0.2) is 0 Å². The zero-order valence-electron chi connectivity index (χ0n) is 12.5. The monoisotopic (exact) mass is 275 g/mol. The van der Waals surface area contributed by atoms with Crippen molar-refractivity contribution in [1.29, 1.82) is 0 Å². The molecule has 1 aromatic carbocycles. The van der Waals surface area contributed by atoms with Crippen molar-refractivity contribution in [2.45, 2.75) is 32.7 Å². The van der Waals surface area contributed by atoms with Crippen LogP contribution in [0.5, 0.6) is 0 Å². The number of benzene rings is 1. The number of amides is 1. The van der Waals surface area contributed by atoms with Crippen LogP contribution < -0.4 is 10.6 Å². The van der Waals surface area contributed by atoms with E-state index in [2.05, 4.69) is 36.1 Å². The van der Waals surface area contributed by atoms with E-state index in [-0.39, 0.29) is 11.9 Å². The maximum Gasteiger partial charge on any atom is 0.224 e. The van der Waals surface area contributed by atoms with E-state index in [4.69, 9.17) is 5.73 Å². The van der Waals surface area contributed by atoms with Gasteiger partial charge < -0.3 is 15.5 Å². The van der Waals surface area contributed by atoms with Gasteiger partial charge in [-0.15, -0.1) is 0 Å². The van der Waals surface area contributed by atoms with E-state index < -0.39 is 0 Å². The summed E-state index contributed by atoms with van der Waals surface area (Å²) in [7, 11) is 0. The minimum atomic E-state index is -0.00250. The van der Waals surface area contributed by atoms with Crippen molar-refractivity contribution in [3.8, 4) is 0 Å². The molecule has 0 aliphatic carbocycles. The van der Waals surface area contributed by atoms with Gasteiger partial charge in [0.2, 0.25) is 5.91 Å². The molecule has 2 N–H and O–H groups in total. The van der Waals surface area contributed by atoms with Crippen LogP contribution in [0.15, 0.2) is 24.3 Å². The number of rotatable bonds is 4. The van der Waals surface area contributed by atoms with Crippen molar-refractivity contribution < 1.29 is 4.79 Å². The van der Waals surface area contributed by atoms with Crippen molar-refractivity contribution >= 4 is 11.6 Å². The Bertz CT molecular complexity index is 453. The largest absolute Gasteiger partial charge is 0.368 e. The lowest BCUT2D eigenvalue weighted by atomic mass is 10.1. The summed E-state index contributed by atoms with van der Waals surface area (Å²) < 4.78 is 0. The van der Waals surface area contributed by atoms with Crippen molar-refractivity contribution in [2.24, 2.45) is 5.73 Å². The summed E-state index contributed by atoms with van der Waals surface area (Å²) in [5.74, 6) is 0.197. The van der Waals surface area contributed by atoms with Crippen molar-refractivity contribution in [3.05, 3.63) is 29.8 Å². The Morgan fingerprint density at radius 2 is 2.00 bits per heavy atom. The molecule has 0 spiro atoms. The standard InChI is InChI=1S/C16H25N3O/c1-3-14(17)12-16(20)19-9-7-18(8-10-19)15-6-4-5-13(2)11-15/h4-6,11,14H,3,7-10,12,17H2,1-2H3. The lowest BCUT2D eigenvalue weighted by Crippen LogP contribution is -2.49. The summed E-state index contributed by atoms with van der Waals surface area (Å²) in [6.45, 7) is 7.52. The molecule has 20 heavy (non-hydrogen) atoms. The number of carbonyl (C=O) groups excluding carboxylic acids is 1. The number of hydrogen-bond donors (Lipinski definition) is 1. The van der Waals surface area contributed by atoms with Gasteiger partial charge >= 0.3 is 0 Å². The predicted molar refractivity (Wildman–Crippen MR) is 82.9 cm³/mol. The molecule has 1 unspecified atom stereocenters. The highest BCUT2D eigenvalue weighted by Crippen LogP contribution is 2.18. The second-order valence-electron chi connectivity index (χ2n) is 5.58. The number of nitrogens with two attached hydrogens (primary N) is 1. The Hall–Kier alpha value is -1.55. The van der Waals surface area contributed by atoms with E-state index >= 15 is 0 Å². The quantitative estimate of drug-likeness (QED) is 0.911. The third-order valence-corrected chi connectivity index (χ3v) is 3.96. The SMILES string of the molecule is CCC(N)CC(=O)N1CCN(c2cccc(C)c2)CC1. The van der Waals surface area contributed by atoms with E-state index in [0.29, 0.717) is 6.42 Å². The average molecular weight is 275 g/mol. The van der Waals surface area contributed by atoms with Gasteiger partial charge in [0.05, 0.1) is 0 Å². The number of carbonyl (C=O) groups is 1. The molecule has 1 atom stereocenters. The molecule has 1 aliphatic heterocycles. The highest BCUT2D eigenvalue weighted by molar-refractivity contribution is 5.77. The summed E-state index contributed by atoms with van der Waals surface area (Å²) in [6, 6.07) is 8.53. The smallest absolute Gasteiger partial charge is 0.224 e. The van der Waals surface area contributed by atoms with Gasteiger partial charge in [0.25, 0.3) is 0 Å². The maximum absolute atomic E-state index is 12.1. The van der Waals surface area contributed by atoms with Crippen LogP contribution in [0.2, 0.25) is 0 Å². The third-order valence-electron chi connectivity index (χ3n) is 3.96. The maximum atomic E-state index is 12.1. The molecule has 1 heterocycles. The molecule has 1 aliphatic rings.